The lowest BCUT2D eigenvalue weighted by Crippen LogP contribution is -2.39. The highest BCUT2D eigenvalue weighted by Gasteiger charge is 2.56. The third-order valence-corrected chi connectivity index (χ3v) is 5.58. The van der Waals surface area contributed by atoms with Crippen LogP contribution in [0.25, 0.3) is 0 Å². The summed E-state index contributed by atoms with van der Waals surface area (Å²) >= 11 is 0. The highest BCUT2D eigenvalue weighted by atomic mass is 16.6. The second-order valence-electron chi connectivity index (χ2n) is 7.67. The van der Waals surface area contributed by atoms with Gasteiger partial charge in [0.15, 0.2) is 0 Å². The predicted molar refractivity (Wildman–Crippen MR) is 102 cm³/mol. The van der Waals surface area contributed by atoms with Crippen LogP contribution < -0.4 is 4.74 Å². The summed E-state index contributed by atoms with van der Waals surface area (Å²) < 4.78 is 18.2. The third kappa shape index (κ3) is 3.06. The van der Waals surface area contributed by atoms with Crippen molar-refractivity contribution in [3.8, 4) is 5.75 Å². The lowest BCUT2D eigenvalue weighted by atomic mass is 9.85. The number of methoxy groups -OCH3 is 1. The molecule has 2 bridgehead atoms. The lowest BCUT2D eigenvalue weighted by molar-refractivity contribution is -0.112. The van der Waals surface area contributed by atoms with Gasteiger partial charge in [0.2, 0.25) is 0 Å². The minimum Gasteiger partial charge on any atom is -0.497 e. The van der Waals surface area contributed by atoms with Crippen LogP contribution in [0.3, 0.4) is 0 Å². The van der Waals surface area contributed by atoms with E-state index in [2.05, 4.69) is 62.4 Å². The summed E-state index contributed by atoms with van der Waals surface area (Å²) in [4.78, 5) is 0. The number of hydrogen-bond donors (Lipinski definition) is 0. The number of benzene rings is 2. The number of fused-ring (bicyclic) bond motifs is 2. The minimum atomic E-state index is -0.384. The highest BCUT2D eigenvalue weighted by molar-refractivity contribution is 5.33. The van der Waals surface area contributed by atoms with Gasteiger partial charge in [0.1, 0.15) is 17.0 Å². The van der Waals surface area contributed by atoms with E-state index in [4.69, 9.17) is 14.2 Å². The molecule has 0 unspecified atom stereocenters. The van der Waals surface area contributed by atoms with E-state index in [0.29, 0.717) is 6.61 Å². The zero-order valence-corrected chi connectivity index (χ0v) is 15.7. The molecule has 4 rings (SSSR count). The second kappa shape index (κ2) is 6.57. The van der Waals surface area contributed by atoms with Crippen molar-refractivity contribution in [2.45, 2.75) is 50.6 Å². The van der Waals surface area contributed by atoms with Gasteiger partial charge in [0.05, 0.1) is 19.8 Å². The fourth-order valence-electron chi connectivity index (χ4n) is 4.42. The zero-order valence-electron chi connectivity index (χ0n) is 15.7. The van der Waals surface area contributed by atoms with E-state index in [1.807, 2.05) is 12.1 Å². The molecule has 0 amide bonds. The molecule has 3 heteroatoms. The van der Waals surface area contributed by atoms with Gasteiger partial charge in [-0.3, -0.25) is 0 Å². The molecule has 2 aromatic carbocycles. The Morgan fingerprint density at radius 3 is 2.50 bits per heavy atom. The molecule has 26 heavy (non-hydrogen) atoms. The van der Waals surface area contributed by atoms with E-state index in [-0.39, 0.29) is 17.3 Å². The Labute approximate surface area is 155 Å². The van der Waals surface area contributed by atoms with Crippen LogP contribution in [-0.4, -0.2) is 18.8 Å². The molecule has 0 saturated carbocycles. The summed E-state index contributed by atoms with van der Waals surface area (Å²) in [5.74, 6) is 0.863. The molecule has 0 aromatic heterocycles. The van der Waals surface area contributed by atoms with Gasteiger partial charge >= 0.3 is 0 Å². The van der Waals surface area contributed by atoms with Gasteiger partial charge in [-0.05, 0) is 37.1 Å². The molecular formula is C23H26O3. The van der Waals surface area contributed by atoms with Crippen LogP contribution in [0.4, 0.5) is 0 Å². The SMILES string of the molecule is COc1ccc(CO[C@@H]2C[C@@]3(c4ccccc4)CC(C)=C[C@]2(C)O3)cc1. The molecule has 1 fully saturated rings. The smallest absolute Gasteiger partial charge is 0.118 e. The highest BCUT2D eigenvalue weighted by Crippen LogP contribution is 2.53. The summed E-state index contributed by atoms with van der Waals surface area (Å²) in [6, 6.07) is 18.6. The van der Waals surface area contributed by atoms with Crippen molar-refractivity contribution in [2.24, 2.45) is 0 Å². The molecule has 136 valence electrons. The monoisotopic (exact) mass is 350 g/mol. The van der Waals surface area contributed by atoms with E-state index in [1.54, 1.807) is 7.11 Å². The summed E-state index contributed by atoms with van der Waals surface area (Å²) in [6.45, 7) is 4.93. The van der Waals surface area contributed by atoms with E-state index < -0.39 is 0 Å². The first-order valence-corrected chi connectivity index (χ1v) is 9.22. The van der Waals surface area contributed by atoms with Gasteiger partial charge < -0.3 is 14.2 Å². The first kappa shape index (κ1) is 17.3. The molecule has 0 N–H and O–H groups in total. The number of ether oxygens (including phenoxy) is 3. The maximum absolute atomic E-state index is 6.65. The van der Waals surface area contributed by atoms with Crippen LogP contribution in [-0.2, 0) is 21.7 Å². The van der Waals surface area contributed by atoms with Crippen molar-refractivity contribution in [1.29, 1.82) is 0 Å². The summed E-state index contributed by atoms with van der Waals surface area (Å²) in [5.41, 5.74) is 3.10. The standard InChI is InChI=1S/C23H26O3/c1-17-13-22(2)21(25-16-18-9-11-20(24-3)12-10-18)15-23(14-17,26-22)19-7-5-4-6-8-19/h4-13,21H,14-16H2,1-3H3/t21-,22+,23-/m1/s1. The second-order valence-corrected chi connectivity index (χ2v) is 7.67. The minimum absolute atomic E-state index is 0.0299. The Bertz CT molecular complexity index is 796. The third-order valence-electron chi connectivity index (χ3n) is 5.58. The summed E-state index contributed by atoms with van der Waals surface area (Å²) in [5, 5.41) is 0. The Hall–Kier alpha value is -2.10. The maximum atomic E-state index is 6.65. The molecular weight excluding hydrogens is 324 g/mol. The molecule has 0 radical (unpaired) electrons. The Balaban J connectivity index is 1.55. The first-order valence-electron chi connectivity index (χ1n) is 9.22. The quantitative estimate of drug-likeness (QED) is 0.710. The first-order chi connectivity index (χ1) is 12.5. The van der Waals surface area contributed by atoms with Gasteiger partial charge in [0.25, 0.3) is 0 Å². The zero-order chi connectivity index (χ0) is 18.2. The average Bonchev–Trinajstić information content (AvgIpc) is 2.87. The molecule has 3 nitrogen and oxygen atoms in total. The van der Waals surface area contributed by atoms with Crippen LogP contribution in [0.5, 0.6) is 5.75 Å². The Kier molecular flexibility index (Phi) is 4.37. The summed E-state index contributed by atoms with van der Waals surface area (Å²) in [7, 11) is 1.68. The number of rotatable bonds is 5. The van der Waals surface area contributed by atoms with Gasteiger partial charge in [-0.25, -0.2) is 0 Å². The molecule has 2 aromatic rings. The molecule has 3 atom stereocenters. The Morgan fingerprint density at radius 1 is 1.08 bits per heavy atom. The van der Waals surface area contributed by atoms with Gasteiger partial charge in [-0.2, -0.15) is 0 Å². The predicted octanol–water partition coefficient (Wildman–Crippen LogP) is 5.00. The Morgan fingerprint density at radius 2 is 1.81 bits per heavy atom. The maximum Gasteiger partial charge on any atom is 0.118 e. The van der Waals surface area contributed by atoms with E-state index in [9.17, 15) is 0 Å². The van der Waals surface area contributed by atoms with Crippen LogP contribution in [0.15, 0.2) is 66.2 Å². The van der Waals surface area contributed by atoms with Crippen molar-refractivity contribution in [3.63, 3.8) is 0 Å². The van der Waals surface area contributed by atoms with Crippen LogP contribution in [0.2, 0.25) is 0 Å². The topological polar surface area (TPSA) is 27.7 Å². The van der Waals surface area contributed by atoms with E-state index >= 15 is 0 Å². The van der Waals surface area contributed by atoms with Gasteiger partial charge in [-0.1, -0.05) is 54.1 Å². The molecule has 2 heterocycles. The normalized spacial score (nSPS) is 30.1. The molecule has 0 spiro atoms. The number of hydrogen-bond acceptors (Lipinski definition) is 3. The molecule has 1 saturated heterocycles. The lowest BCUT2D eigenvalue weighted by Gasteiger charge is -2.37. The fourth-order valence-corrected chi connectivity index (χ4v) is 4.42. The van der Waals surface area contributed by atoms with Gasteiger partial charge in [0, 0.05) is 12.8 Å². The molecule has 2 aliphatic heterocycles. The molecule has 0 aliphatic carbocycles. The van der Waals surface area contributed by atoms with E-state index in [0.717, 1.165) is 24.2 Å². The van der Waals surface area contributed by atoms with Crippen LogP contribution in [0.1, 0.15) is 37.8 Å². The van der Waals surface area contributed by atoms with Crippen molar-refractivity contribution < 1.29 is 14.2 Å². The van der Waals surface area contributed by atoms with Gasteiger partial charge in [-0.15, -0.1) is 0 Å². The molecule has 2 aliphatic rings. The fraction of sp³-hybridized carbons (Fsp3) is 0.391. The van der Waals surface area contributed by atoms with Crippen LogP contribution in [0, 0.1) is 0 Å². The van der Waals surface area contributed by atoms with Crippen molar-refractivity contribution in [2.75, 3.05) is 7.11 Å². The average molecular weight is 350 g/mol. The van der Waals surface area contributed by atoms with Crippen molar-refractivity contribution in [3.05, 3.63) is 77.4 Å². The van der Waals surface area contributed by atoms with Crippen LogP contribution >= 0.6 is 0 Å². The summed E-state index contributed by atoms with van der Waals surface area (Å²) in [6.07, 6.45) is 4.08. The van der Waals surface area contributed by atoms with E-state index in [1.165, 1.54) is 11.1 Å². The van der Waals surface area contributed by atoms with Crippen molar-refractivity contribution >= 4 is 0 Å². The largest absolute Gasteiger partial charge is 0.497 e. The van der Waals surface area contributed by atoms with Crippen molar-refractivity contribution in [1.82, 2.24) is 0 Å².